The Morgan fingerprint density at radius 3 is 2.86 bits per heavy atom. The van der Waals surface area contributed by atoms with Crippen LogP contribution in [0.2, 0.25) is 0 Å². The molecule has 3 N–H and O–H groups in total. The zero-order chi connectivity index (χ0) is 10.1. The van der Waals surface area contributed by atoms with Crippen molar-refractivity contribution >= 4 is 16.6 Å². The molecule has 0 aliphatic rings. The lowest BCUT2D eigenvalue weighted by atomic mass is 10.1. The van der Waals surface area contributed by atoms with E-state index in [4.69, 9.17) is 5.84 Å². The standard InChI is InChI=1S/C10H10FN3/c1-6-2-3-7(11)9-8(14-12)4-5-13-10(6)9/h2-5H,12H2,1H3,(H,13,14). The summed E-state index contributed by atoms with van der Waals surface area (Å²) in [6, 6.07) is 4.76. The number of hydrogen-bond acceptors (Lipinski definition) is 3. The Balaban J connectivity index is 2.92. The number of nitrogens with zero attached hydrogens (tertiary/aromatic N) is 1. The molecule has 2 aromatic rings. The van der Waals surface area contributed by atoms with Crippen LogP contribution >= 0.6 is 0 Å². The van der Waals surface area contributed by atoms with E-state index in [1.54, 1.807) is 18.3 Å². The molecule has 0 amide bonds. The second-order valence-electron chi connectivity index (χ2n) is 3.09. The van der Waals surface area contributed by atoms with Crippen LogP contribution in [0.3, 0.4) is 0 Å². The normalized spacial score (nSPS) is 10.5. The largest absolute Gasteiger partial charge is 0.323 e. The molecule has 0 aliphatic heterocycles. The minimum atomic E-state index is -0.313. The third kappa shape index (κ3) is 1.20. The molecule has 3 nitrogen and oxygen atoms in total. The van der Waals surface area contributed by atoms with E-state index in [0.717, 1.165) is 5.56 Å². The van der Waals surface area contributed by atoms with Gasteiger partial charge in [0, 0.05) is 6.20 Å². The van der Waals surface area contributed by atoms with E-state index >= 15 is 0 Å². The van der Waals surface area contributed by atoms with Crippen LogP contribution in [0.4, 0.5) is 10.1 Å². The number of nitrogen functional groups attached to an aromatic ring is 1. The van der Waals surface area contributed by atoms with Gasteiger partial charge in [-0.15, -0.1) is 0 Å². The van der Waals surface area contributed by atoms with Crippen LogP contribution in [0.5, 0.6) is 0 Å². The first kappa shape index (κ1) is 8.90. The molecule has 0 atom stereocenters. The summed E-state index contributed by atoms with van der Waals surface area (Å²) in [5, 5.41) is 0.440. The highest BCUT2D eigenvalue weighted by atomic mass is 19.1. The summed E-state index contributed by atoms with van der Waals surface area (Å²) in [5.74, 6) is 4.98. The topological polar surface area (TPSA) is 50.9 Å². The predicted octanol–water partition coefficient (Wildman–Crippen LogP) is 1.97. The fraction of sp³-hybridized carbons (Fsp3) is 0.100. The van der Waals surface area contributed by atoms with Gasteiger partial charge in [-0.25, -0.2) is 4.39 Å². The highest BCUT2D eigenvalue weighted by molar-refractivity contribution is 5.93. The van der Waals surface area contributed by atoms with Crippen LogP contribution in [0, 0.1) is 12.7 Å². The average molecular weight is 191 g/mol. The van der Waals surface area contributed by atoms with Gasteiger partial charge in [-0.1, -0.05) is 6.07 Å². The molecule has 2 rings (SSSR count). The maximum absolute atomic E-state index is 13.5. The van der Waals surface area contributed by atoms with Gasteiger partial charge in [0.25, 0.3) is 0 Å². The minimum Gasteiger partial charge on any atom is -0.323 e. The molecule has 0 aliphatic carbocycles. The number of hydrogen-bond donors (Lipinski definition) is 2. The minimum absolute atomic E-state index is 0.313. The van der Waals surface area contributed by atoms with Crippen molar-refractivity contribution in [3.63, 3.8) is 0 Å². The summed E-state index contributed by atoms with van der Waals surface area (Å²) in [4.78, 5) is 4.11. The number of aryl methyl sites for hydroxylation is 1. The van der Waals surface area contributed by atoms with Crippen molar-refractivity contribution in [1.82, 2.24) is 4.98 Å². The Hall–Kier alpha value is -1.68. The molecule has 14 heavy (non-hydrogen) atoms. The number of nitrogens with two attached hydrogens (primary N) is 1. The molecular formula is C10H10FN3. The molecule has 1 heterocycles. The molecule has 4 heteroatoms. The first-order chi connectivity index (χ1) is 6.74. The lowest BCUT2D eigenvalue weighted by molar-refractivity contribution is 0.639. The molecule has 0 saturated heterocycles. The predicted molar refractivity (Wildman–Crippen MR) is 54.2 cm³/mol. The Bertz CT molecular complexity index is 482. The van der Waals surface area contributed by atoms with Crippen molar-refractivity contribution in [2.24, 2.45) is 5.84 Å². The van der Waals surface area contributed by atoms with Gasteiger partial charge in [-0.2, -0.15) is 0 Å². The number of pyridine rings is 1. The number of fused-ring (bicyclic) bond motifs is 1. The van der Waals surface area contributed by atoms with E-state index < -0.39 is 0 Å². The van der Waals surface area contributed by atoms with E-state index in [2.05, 4.69) is 10.4 Å². The molecular weight excluding hydrogens is 181 g/mol. The molecule has 1 aromatic carbocycles. The second-order valence-corrected chi connectivity index (χ2v) is 3.09. The van der Waals surface area contributed by atoms with Crippen LogP contribution in [-0.4, -0.2) is 4.98 Å². The zero-order valence-corrected chi connectivity index (χ0v) is 7.71. The van der Waals surface area contributed by atoms with Crippen LogP contribution < -0.4 is 11.3 Å². The van der Waals surface area contributed by atoms with Gasteiger partial charge in [0.2, 0.25) is 0 Å². The Morgan fingerprint density at radius 2 is 2.14 bits per heavy atom. The Morgan fingerprint density at radius 1 is 1.36 bits per heavy atom. The maximum Gasteiger partial charge on any atom is 0.134 e. The number of benzene rings is 1. The van der Waals surface area contributed by atoms with E-state index in [0.29, 0.717) is 16.6 Å². The molecule has 0 fully saturated rings. The smallest absolute Gasteiger partial charge is 0.134 e. The summed E-state index contributed by atoms with van der Waals surface area (Å²) in [7, 11) is 0. The van der Waals surface area contributed by atoms with E-state index in [9.17, 15) is 4.39 Å². The highest BCUT2D eigenvalue weighted by Gasteiger charge is 2.08. The summed E-state index contributed by atoms with van der Waals surface area (Å²) in [5.41, 5.74) is 4.58. The molecule has 0 saturated carbocycles. The molecule has 0 bridgehead atoms. The van der Waals surface area contributed by atoms with E-state index in [-0.39, 0.29) is 5.82 Å². The van der Waals surface area contributed by atoms with E-state index in [1.165, 1.54) is 6.07 Å². The summed E-state index contributed by atoms with van der Waals surface area (Å²) < 4.78 is 13.5. The van der Waals surface area contributed by atoms with E-state index in [1.807, 2.05) is 6.92 Å². The number of aromatic nitrogens is 1. The quantitative estimate of drug-likeness (QED) is 0.535. The molecule has 72 valence electrons. The van der Waals surface area contributed by atoms with Crippen LogP contribution in [0.15, 0.2) is 24.4 Å². The number of halogens is 1. The van der Waals surface area contributed by atoms with Crippen LogP contribution in [-0.2, 0) is 0 Å². The molecule has 1 aromatic heterocycles. The lowest BCUT2D eigenvalue weighted by Gasteiger charge is -2.07. The van der Waals surface area contributed by atoms with Gasteiger partial charge >= 0.3 is 0 Å². The van der Waals surface area contributed by atoms with Crippen LogP contribution in [0.25, 0.3) is 10.9 Å². The fourth-order valence-electron chi connectivity index (χ4n) is 1.48. The number of anilines is 1. The first-order valence-electron chi connectivity index (χ1n) is 4.24. The summed E-state index contributed by atoms with van der Waals surface area (Å²) >= 11 is 0. The number of rotatable bonds is 1. The monoisotopic (exact) mass is 191 g/mol. The highest BCUT2D eigenvalue weighted by Crippen LogP contribution is 2.25. The summed E-state index contributed by atoms with van der Waals surface area (Å²) in [6.45, 7) is 1.88. The average Bonchev–Trinajstić information content (AvgIpc) is 2.23. The third-order valence-corrected chi connectivity index (χ3v) is 2.20. The zero-order valence-electron chi connectivity index (χ0n) is 7.71. The van der Waals surface area contributed by atoms with Gasteiger partial charge < -0.3 is 5.43 Å². The number of nitrogens with one attached hydrogen (secondary N) is 1. The third-order valence-electron chi connectivity index (χ3n) is 2.20. The maximum atomic E-state index is 13.5. The number of hydrazine groups is 1. The Labute approximate surface area is 80.7 Å². The van der Waals surface area contributed by atoms with Gasteiger partial charge in [-0.3, -0.25) is 10.8 Å². The first-order valence-corrected chi connectivity index (χ1v) is 4.24. The van der Waals surface area contributed by atoms with Crippen molar-refractivity contribution in [1.29, 1.82) is 0 Å². The van der Waals surface area contributed by atoms with Crippen molar-refractivity contribution in [2.75, 3.05) is 5.43 Å². The molecule has 0 spiro atoms. The van der Waals surface area contributed by atoms with Gasteiger partial charge in [0.15, 0.2) is 0 Å². The van der Waals surface area contributed by atoms with Crippen molar-refractivity contribution in [3.05, 3.63) is 35.8 Å². The van der Waals surface area contributed by atoms with Gasteiger partial charge in [0.1, 0.15) is 5.82 Å². The lowest BCUT2D eigenvalue weighted by Crippen LogP contribution is -2.08. The second kappa shape index (κ2) is 3.23. The van der Waals surface area contributed by atoms with Crippen LogP contribution in [0.1, 0.15) is 5.56 Å². The van der Waals surface area contributed by atoms with Crippen molar-refractivity contribution < 1.29 is 4.39 Å². The van der Waals surface area contributed by atoms with Gasteiger partial charge in [0.05, 0.1) is 16.6 Å². The SMILES string of the molecule is Cc1ccc(F)c2c(NN)ccnc12. The van der Waals surface area contributed by atoms with Gasteiger partial charge in [-0.05, 0) is 24.6 Å². The van der Waals surface area contributed by atoms with Crippen molar-refractivity contribution in [3.8, 4) is 0 Å². The molecule has 0 radical (unpaired) electrons. The Kier molecular flexibility index (Phi) is 2.05. The molecule has 0 unspecified atom stereocenters. The summed E-state index contributed by atoms with van der Waals surface area (Å²) in [6.07, 6.45) is 1.60. The van der Waals surface area contributed by atoms with Crippen molar-refractivity contribution in [2.45, 2.75) is 6.92 Å². The fourth-order valence-corrected chi connectivity index (χ4v) is 1.48.